The summed E-state index contributed by atoms with van der Waals surface area (Å²) in [6.45, 7) is 12.5. The van der Waals surface area contributed by atoms with Gasteiger partial charge >= 0.3 is 0 Å². The first kappa shape index (κ1) is 21.9. The maximum absolute atomic E-state index is 5.27. The molecule has 1 N–H and O–H groups in total. The topological polar surface area (TPSA) is 53.5 Å². The third-order valence-corrected chi connectivity index (χ3v) is 6.03. The second-order valence-electron chi connectivity index (χ2n) is 9.34. The van der Waals surface area contributed by atoms with Crippen molar-refractivity contribution in [3.8, 4) is 5.75 Å². The lowest BCUT2D eigenvalue weighted by atomic mass is 9.86. The zero-order valence-electron chi connectivity index (χ0n) is 19.7. The van der Waals surface area contributed by atoms with E-state index in [0.717, 1.165) is 49.3 Å². The molecule has 1 aliphatic rings. The van der Waals surface area contributed by atoms with Crippen molar-refractivity contribution in [2.45, 2.75) is 33.1 Å². The van der Waals surface area contributed by atoms with Crippen molar-refractivity contribution < 1.29 is 4.74 Å². The molecule has 168 valence electrons. The van der Waals surface area contributed by atoms with Crippen LogP contribution in [0.2, 0.25) is 0 Å². The maximum atomic E-state index is 5.27. The molecule has 1 aromatic heterocycles. The molecule has 0 aliphatic carbocycles. The third kappa shape index (κ3) is 4.96. The Labute approximate surface area is 191 Å². The van der Waals surface area contributed by atoms with E-state index >= 15 is 0 Å². The molecule has 2 heterocycles. The van der Waals surface area contributed by atoms with Crippen LogP contribution in [-0.4, -0.2) is 43.3 Å². The highest BCUT2D eigenvalue weighted by Crippen LogP contribution is 2.29. The predicted molar refractivity (Wildman–Crippen MR) is 133 cm³/mol. The summed E-state index contributed by atoms with van der Waals surface area (Å²) >= 11 is 0. The summed E-state index contributed by atoms with van der Waals surface area (Å²) in [5.74, 6) is 2.57. The van der Waals surface area contributed by atoms with Crippen LogP contribution >= 0.6 is 0 Å². The average Bonchev–Trinajstić information content (AvgIpc) is 2.80. The van der Waals surface area contributed by atoms with E-state index < -0.39 is 0 Å². The molecule has 4 rings (SSSR count). The van der Waals surface area contributed by atoms with Gasteiger partial charge in [0.1, 0.15) is 11.6 Å². The number of nitrogens with zero attached hydrogens (tertiary/aromatic N) is 4. The van der Waals surface area contributed by atoms with E-state index in [1.807, 2.05) is 18.3 Å². The fraction of sp³-hybridized carbons (Fsp3) is 0.385. The van der Waals surface area contributed by atoms with Gasteiger partial charge < -0.3 is 19.9 Å². The summed E-state index contributed by atoms with van der Waals surface area (Å²) in [6, 6.07) is 14.8. The van der Waals surface area contributed by atoms with Crippen LogP contribution in [0.5, 0.6) is 5.75 Å². The molecule has 0 amide bonds. The minimum atomic E-state index is 0.0984. The summed E-state index contributed by atoms with van der Waals surface area (Å²) in [5, 5.41) is 3.49. The Hall–Kier alpha value is -3.28. The van der Waals surface area contributed by atoms with Crippen molar-refractivity contribution in [2.75, 3.05) is 48.4 Å². The van der Waals surface area contributed by atoms with E-state index in [1.165, 1.54) is 16.8 Å². The van der Waals surface area contributed by atoms with Gasteiger partial charge in [-0.15, -0.1) is 0 Å². The number of methoxy groups -OCH3 is 1. The van der Waals surface area contributed by atoms with E-state index in [2.05, 4.69) is 78.1 Å². The molecule has 0 spiro atoms. The molecule has 1 aliphatic heterocycles. The lowest BCUT2D eigenvalue weighted by molar-refractivity contribution is 0.415. The minimum absolute atomic E-state index is 0.0984. The normalized spacial score (nSPS) is 14.4. The van der Waals surface area contributed by atoms with Crippen LogP contribution in [0.3, 0.4) is 0 Å². The van der Waals surface area contributed by atoms with Crippen molar-refractivity contribution in [1.82, 2.24) is 9.97 Å². The fourth-order valence-electron chi connectivity index (χ4n) is 3.92. The summed E-state index contributed by atoms with van der Waals surface area (Å²) < 4.78 is 5.27. The van der Waals surface area contributed by atoms with Gasteiger partial charge in [0.05, 0.1) is 19.5 Å². The van der Waals surface area contributed by atoms with Gasteiger partial charge in [-0.05, 0) is 53.8 Å². The molecule has 3 aromatic rings. The molecular formula is C26H33N5O. The Morgan fingerprint density at radius 2 is 1.59 bits per heavy atom. The first-order valence-electron chi connectivity index (χ1n) is 11.2. The molecule has 2 aromatic carbocycles. The zero-order valence-corrected chi connectivity index (χ0v) is 19.7. The van der Waals surface area contributed by atoms with Crippen LogP contribution in [0.1, 0.15) is 31.9 Å². The van der Waals surface area contributed by atoms with Crippen LogP contribution in [-0.2, 0) is 5.41 Å². The molecule has 0 unspecified atom stereocenters. The first-order chi connectivity index (χ1) is 15.3. The molecule has 1 fully saturated rings. The Kier molecular flexibility index (Phi) is 6.21. The van der Waals surface area contributed by atoms with Gasteiger partial charge in [-0.3, -0.25) is 4.98 Å². The van der Waals surface area contributed by atoms with Gasteiger partial charge in [0.2, 0.25) is 0 Å². The van der Waals surface area contributed by atoms with E-state index in [-0.39, 0.29) is 5.41 Å². The van der Waals surface area contributed by atoms with Crippen LogP contribution < -0.4 is 19.9 Å². The zero-order chi connectivity index (χ0) is 22.7. The van der Waals surface area contributed by atoms with Crippen molar-refractivity contribution in [3.63, 3.8) is 0 Å². The van der Waals surface area contributed by atoms with Crippen LogP contribution in [0.15, 0.2) is 54.9 Å². The number of rotatable bonds is 5. The van der Waals surface area contributed by atoms with Crippen molar-refractivity contribution in [3.05, 3.63) is 66.0 Å². The second kappa shape index (κ2) is 9.07. The summed E-state index contributed by atoms with van der Waals surface area (Å²) in [7, 11) is 1.69. The van der Waals surface area contributed by atoms with E-state index in [4.69, 9.17) is 9.72 Å². The van der Waals surface area contributed by atoms with Gasteiger partial charge in [-0.25, -0.2) is 4.98 Å². The Morgan fingerprint density at radius 3 is 2.25 bits per heavy atom. The number of piperazine rings is 1. The number of ether oxygens (including phenoxy) is 1. The van der Waals surface area contributed by atoms with Crippen molar-refractivity contribution >= 4 is 23.0 Å². The molecule has 0 saturated carbocycles. The third-order valence-electron chi connectivity index (χ3n) is 6.03. The van der Waals surface area contributed by atoms with Crippen LogP contribution in [0.25, 0.3) is 0 Å². The number of hydrogen-bond donors (Lipinski definition) is 1. The lowest BCUT2D eigenvalue weighted by Gasteiger charge is -2.36. The van der Waals surface area contributed by atoms with E-state index in [9.17, 15) is 0 Å². The summed E-state index contributed by atoms with van der Waals surface area (Å²) in [4.78, 5) is 14.0. The number of aryl methyl sites for hydroxylation is 1. The molecular weight excluding hydrogens is 398 g/mol. The van der Waals surface area contributed by atoms with Gasteiger partial charge in [-0.2, -0.15) is 0 Å². The summed E-state index contributed by atoms with van der Waals surface area (Å²) in [6.07, 6.45) is 3.65. The van der Waals surface area contributed by atoms with E-state index in [1.54, 1.807) is 13.3 Å². The molecule has 0 radical (unpaired) electrons. The molecule has 0 atom stereocenters. The fourth-order valence-corrected chi connectivity index (χ4v) is 3.92. The SMILES string of the molecule is COc1ccc(N2CCN(c3cncc(Nc4cc(C(C)(C)C)ccc4C)n3)CC2)cc1. The maximum Gasteiger partial charge on any atom is 0.151 e. The predicted octanol–water partition coefficient (Wildman–Crippen LogP) is 5.16. The number of nitrogens with one attached hydrogen (secondary N) is 1. The lowest BCUT2D eigenvalue weighted by Crippen LogP contribution is -2.46. The minimum Gasteiger partial charge on any atom is -0.497 e. The van der Waals surface area contributed by atoms with Gasteiger partial charge in [0.25, 0.3) is 0 Å². The second-order valence-corrected chi connectivity index (χ2v) is 9.34. The Balaban J connectivity index is 1.44. The van der Waals surface area contributed by atoms with E-state index in [0.29, 0.717) is 0 Å². The van der Waals surface area contributed by atoms with Gasteiger partial charge in [-0.1, -0.05) is 32.9 Å². The van der Waals surface area contributed by atoms with Gasteiger partial charge in [0, 0.05) is 37.6 Å². The Bertz CT molecular complexity index is 1050. The smallest absolute Gasteiger partial charge is 0.151 e. The molecule has 0 bridgehead atoms. The highest BCUT2D eigenvalue weighted by atomic mass is 16.5. The largest absolute Gasteiger partial charge is 0.497 e. The highest BCUT2D eigenvalue weighted by molar-refractivity contribution is 5.62. The van der Waals surface area contributed by atoms with Crippen LogP contribution in [0, 0.1) is 6.92 Å². The number of benzene rings is 2. The highest BCUT2D eigenvalue weighted by Gasteiger charge is 2.19. The molecule has 6 nitrogen and oxygen atoms in total. The summed E-state index contributed by atoms with van der Waals surface area (Å²) in [5.41, 5.74) is 4.89. The Morgan fingerprint density at radius 1 is 0.906 bits per heavy atom. The number of aromatic nitrogens is 2. The molecule has 6 heteroatoms. The van der Waals surface area contributed by atoms with Gasteiger partial charge in [0.15, 0.2) is 5.82 Å². The average molecular weight is 432 g/mol. The quantitative estimate of drug-likeness (QED) is 0.602. The molecule has 1 saturated heterocycles. The standard InChI is InChI=1S/C26H33N5O/c1-19-6-7-20(26(2,3)4)16-23(19)28-24-17-27-18-25(29-24)31-14-12-30(13-15-31)21-8-10-22(32-5)11-9-21/h6-11,16-18H,12-15H2,1-5H3,(H,28,29). The van der Waals surface area contributed by atoms with Crippen molar-refractivity contribution in [1.29, 1.82) is 0 Å². The number of anilines is 4. The monoisotopic (exact) mass is 431 g/mol. The van der Waals surface area contributed by atoms with Crippen molar-refractivity contribution in [2.24, 2.45) is 0 Å². The first-order valence-corrected chi connectivity index (χ1v) is 11.2. The molecule has 32 heavy (non-hydrogen) atoms. The van der Waals surface area contributed by atoms with Crippen LogP contribution in [0.4, 0.5) is 23.0 Å². The number of hydrogen-bond acceptors (Lipinski definition) is 6.